The van der Waals surface area contributed by atoms with Crippen molar-refractivity contribution in [1.82, 2.24) is 0 Å². The van der Waals surface area contributed by atoms with Crippen LogP contribution in [-0.2, 0) is 10.8 Å². The zero-order valence-corrected chi connectivity index (χ0v) is 80.7. The zero-order chi connectivity index (χ0) is 95.8. The van der Waals surface area contributed by atoms with Gasteiger partial charge in [-0.25, -0.2) is 0 Å². The molecule has 22 aromatic carbocycles. The molecule has 144 heavy (non-hydrogen) atoms. The second-order valence-corrected chi connectivity index (χ2v) is 39.7. The van der Waals surface area contributed by atoms with Crippen molar-refractivity contribution in [3.63, 3.8) is 0 Å². The summed E-state index contributed by atoms with van der Waals surface area (Å²) in [7, 11) is 0. The number of rotatable bonds is 15. The molecule has 0 bridgehead atoms. The molecule has 2 aliphatic rings. The number of hydrogen-bond acceptors (Lipinski definition) is 8. The minimum atomic E-state index is -0.174. The quantitative estimate of drug-likeness (QED) is 0.101. The number of para-hydroxylation sites is 4. The lowest BCUT2D eigenvalue weighted by Gasteiger charge is -2.29. The molecule has 29 rings (SSSR count). The van der Waals surface area contributed by atoms with Crippen molar-refractivity contribution in [2.24, 2.45) is 0 Å². The molecule has 684 valence electrons. The van der Waals surface area contributed by atoms with E-state index >= 15 is 0 Å². The number of thiophene rings is 1. The predicted molar refractivity (Wildman–Crippen MR) is 606 cm³/mol. The summed E-state index contributed by atoms with van der Waals surface area (Å²) < 4.78 is 29.1. The second-order valence-electron chi connectivity index (χ2n) is 38.6. The molecular formula is C136H95N3O4S. The monoisotopic (exact) mass is 1870 g/mol. The molecule has 0 N–H and O–H groups in total. The predicted octanol–water partition coefficient (Wildman–Crippen LogP) is 39.8. The van der Waals surface area contributed by atoms with E-state index in [0.717, 1.165) is 147 Å². The van der Waals surface area contributed by atoms with Crippen LogP contribution in [0.3, 0.4) is 0 Å². The summed E-state index contributed by atoms with van der Waals surface area (Å²) in [5.74, 6) is 0. The summed E-state index contributed by atoms with van der Waals surface area (Å²) in [6.07, 6.45) is 2.10. The van der Waals surface area contributed by atoms with Crippen molar-refractivity contribution < 1.29 is 17.7 Å². The number of furan rings is 4. The first-order valence-corrected chi connectivity index (χ1v) is 50.6. The van der Waals surface area contributed by atoms with Crippen LogP contribution in [-0.4, -0.2) is 0 Å². The third-order valence-corrected chi connectivity index (χ3v) is 31.6. The smallest absolute Gasteiger partial charge is 0.159 e. The van der Waals surface area contributed by atoms with E-state index in [0.29, 0.717) is 0 Å². The van der Waals surface area contributed by atoms with Crippen LogP contribution in [0.5, 0.6) is 0 Å². The van der Waals surface area contributed by atoms with Gasteiger partial charge in [0.2, 0.25) is 0 Å². The summed E-state index contributed by atoms with van der Waals surface area (Å²) in [5, 5.41) is 16.7. The molecular weight excluding hydrogens is 1770 g/mol. The van der Waals surface area contributed by atoms with Gasteiger partial charge in [-0.05, 0) is 258 Å². The molecule has 0 radical (unpaired) electrons. The third kappa shape index (κ3) is 14.1. The van der Waals surface area contributed by atoms with E-state index in [4.69, 9.17) is 17.7 Å². The van der Waals surface area contributed by atoms with Crippen LogP contribution >= 0.6 is 11.3 Å². The van der Waals surface area contributed by atoms with E-state index in [-0.39, 0.29) is 10.8 Å². The number of anilines is 9. The molecule has 0 amide bonds. The van der Waals surface area contributed by atoms with Crippen molar-refractivity contribution in [3.05, 3.63) is 501 Å². The van der Waals surface area contributed by atoms with E-state index < -0.39 is 0 Å². The van der Waals surface area contributed by atoms with Gasteiger partial charge in [-0.3, -0.25) is 0 Å². The molecule has 8 heteroatoms. The van der Waals surface area contributed by atoms with E-state index in [1.54, 1.807) is 0 Å². The van der Waals surface area contributed by atoms with Crippen LogP contribution in [0, 0.1) is 0 Å². The van der Waals surface area contributed by atoms with Crippen molar-refractivity contribution in [1.29, 1.82) is 0 Å². The topological polar surface area (TPSA) is 62.3 Å². The molecule has 0 saturated carbocycles. The van der Waals surface area contributed by atoms with Gasteiger partial charge in [-0.1, -0.05) is 361 Å². The summed E-state index contributed by atoms with van der Waals surface area (Å²) in [6, 6.07) is 172. The minimum Gasteiger partial charge on any atom is -0.456 e. The zero-order valence-electron chi connectivity index (χ0n) is 79.9. The molecule has 7 nitrogen and oxygen atoms in total. The lowest BCUT2D eigenvalue weighted by atomic mass is 9.74. The highest BCUT2D eigenvalue weighted by Crippen LogP contribution is 2.59. The summed E-state index contributed by atoms with van der Waals surface area (Å²) >= 11 is 1.84. The van der Waals surface area contributed by atoms with Gasteiger partial charge < -0.3 is 32.4 Å². The summed E-state index contributed by atoms with van der Waals surface area (Å²) in [6.45, 7) is 9.32. The molecule has 5 heterocycles. The Balaban J connectivity index is 0.000000108. The molecule has 5 aromatic heterocycles. The molecule has 0 atom stereocenters. The summed E-state index contributed by atoms with van der Waals surface area (Å²) in [4.78, 5) is 7.07. The molecule has 0 spiro atoms. The molecule has 0 saturated heterocycles. The lowest BCUT2D eigenvalue weighted by Crippen LogP contribution is -2.22. The molecule has 2 aliphatic carbocycles. The number of nitrogens with zero attached hydrogens (tertiary/aromatic N) is 3. The Bertz CT molecular complexity index is 9550. The lowest BCUT2D eigenvalue weighted by molar-refractivity contribution is 0.490. The van der Waals surface area contributed by atoms with Crippen LogP contribution in [0.25, 0.3) is 196 Å². The van der Waals surface area contributed by atoms with Crippen LogP contribution in [0.1, 0.15) is 62.8 Å². The Hall–Kier alpha value is -17.8. The van der Waals surface area contributed by atoms with Crippen molar-refractivity contribution in [2.75, 3.05) is 14.7 Å². The Kier molecular flexibility index (Phi) is 20.5. The highest BCUT2D eigenvalue weighted by Gasteiger charge is 2.42. The van der Waals surface area contributed by atoms with Crippen LogP contribution < -0.4 is 14.7 Å². The first kappa shape index (κ1) is 85.4. The van der Waals surface area contributed by atoms with E-state index in [1.807, 2.05) is 29.5 Å². The third-order valence-electron chi connectivity index (χ3n) is 30.5. The Labute approximate surface area is 837 Å². The minimum absolute atomic E-state index is 0.00500. The van der Waals surface area contributed by atoms with E-state index in [1.165, 1.54) is 136 Å². The number of fused-ring (bicyclic) bond motifs is 25. The van der Waals surface area contributed by atoms with Gasteiger partial charge in [-0.2, -0.15) is 0 Å². The first-order chi connectivity index (χ1) is 71.0. The maximum atomic E-state index is 6.75. The average Bonchev–Trinajstić information content (AvgIpc) is 1.56. The van der Waals surface area contributed by atoms with Crippen LogP contribution in [0.15, 0.2) is 497 Å². The fourth-order valence-electron chi connectivity index (χ4n) is 23.3. The SMILES string of the molecule is CC1(C)c2cc(N(c3ccc4ccccc4c3)c3ccc4ccccc4c3)ccc2-c2c1ccc1c2oc2ccccc21.CCC1(CC)c2ccccc2-c2cc3c(cc21)oc1cccc(N(c2ccc(-c4ccccc4)cc2)c2ccc(-c4ccccc4)cc2)c13.c1ccc(-c2ccc(N(c3ccc(-c4cccc5c4oc4ccc6sc7ccccc7c6c45)cc3)c3cccc4c3oc3ccccc34)cc2)cc1. The maximum Gasteiger partial charge on any atom is 0.159 e. The van der Waals surface area contributed by atoms with E-state index in [9.17, 15) is 0 Å². The van der Waals surface area contributed by atoms with Crippen LogP contribution in [0.2, 0.25) is 0 Å². The van der Waals surface area contributed by atoms with Gasteiger partial charge in [-0.15, -0.1) is 11.3 Å². The average molecular weight is 1870 g/mol. The standard InChI is InChI=1S/C48H29NO2S.C47H37NO.C41H29NO/c1-2-10-30(11-3-1)31-20-24-33(25-21-31)49(40-17-9-15-37-36-12-4-6-18-41(36)50-48(37)40)34-26-22-32(23-27-34)35-14-8-16-39-45-42(51-47(35)39)28-29-44-46(45)38-13-5-7-19-43(38)52-44;1-3-47(4-2)41-19-12-11-18-38(41)39-30-40-45(31-42(39)47)49-44-21-13-20-43(46(40)44)48(36-26-22-34(23-27-36)32-14-7-5-8-15-32)37-28-24-35(25-29-37)33-16-9-6-10-17-33;1-41(2)36-22-21-34-33-13-7-8-14-38(33)43-40(34)39(36)35-20-19-32(25-37(35)41)42(30-17-15-26-9-3-5-11-28(26)23-30)31-18-16-27-10-4-6-12-29(27)24-31/h1-29H;5-31H,3-4H2,1-2H3;3-25H,1-2H3. The first-order valence-electron chi connectivity index (χ1n) is 49.8. The maximum absolute atomic E-state index is 6.75. The Morgan fingerprint density at radius 2 is 0.660 bits per heavy atom. The highest BCUT2D eigenvalue weighted by molar-refractivity contribution is 7.26. The van der Waals surface area contributed by atoms with E-state index in [2.05, 4.69) is 503 Å². The highest BCUT2D eigenvalue weighted by atomic mass is 32.1. The number of benzene rings is 22. The Morgan fingerprint density at radius 3 is 1.27 bits per heavy atom. The molecule has 27 aromatic rings. The van der Waals surface area contributed by atoms with Crippen molar-refractivity contribution >= 4 is 192 Å². The van der Waals surface area contributed by atoms with Gasteiger partial charge in [0.1, 0.15) is 39.1 Å². The molecule has 0 unspecified atom stereocenters. The van der Waals surface area contributed by atoms with Gasteiger partial charge in [0.25, 0.3) is 0 Å². The Morgan fingerprint density at radius 1 is 0.215 bits per heavy atom. The van der Waals surface area contributed by atoms with Crippen molar-refractivity contribution in [3.8, 4) is 66.8 Å². The summed E-state index contributed by atoms with van der Waals surface area (Å²) in [5.41, 5.74) is 36.9. The number of hydrogen-bond donors (Lipinski definition) is 0. The normalized spacial score (nSPS) is 12.8. The van der Waals surface area contributed by atoms with Gasteiger partial charge in [0.05, 0.1) is 16.8 Å². The van der Waals surface area contributed by atoms with Crippen molar-refractivity contribution in [2.45, 2.75) is 51.4 Å². The van der Waals surface area contributed by atoms with Gasteiger partial charge >= 0.3 is 0 Å². The van der Waals surface area contributed by atoms with Gasteiger partial charge in [0.15, 0.2) is 5.58 Å². The fraction of sp³-hybridized carbons (Fsp3) is 0.0588. The molecule has 0 fully saturated rings. The molecule has 0 aliphatic heterocycles. The van der Waals surface area contributed by atoms with Gasteiger partial charge in [0, 0.05) is 120 Å². The fourth-order valence-corrected chi connectivity index (χ4v) is 24.5. The second kappa shape index (κ2) is 34.6. The largest absolute Gasteiger partial charge is 0.456 e. The van der Waals surface area contributed by atoms with Crippen LogP contribution in [0.4, 0.5) is 51.2 Å².